The Balaban J connectivity index is 1.46. The van der Waals surface area contributed by atoms with Crippen molar-refractivity contribution in [1.29, 1.82) is 0 Å². The largest absolute Gasteiger partial charge is 0.497 e. The minimum absolute atomic E-state index is 0.0265. The summed E-state index contributed by atoms with van der Waals surface area (Å²) in [4.78, 5) is 35.5. The van der Waals surface area contributed by atoms with Gasteiger partial charge < -0.3 is 15.0 Å². The highest BCUT2D eigenvalue weighted by Crippen LogP contribution is 2.27. The lowest BCUT2D eigenvalue weighted by molar-refractivity contribution is -0.120. The van der Waals surface area contributed by atoms with Gasteiger partial charge in [0.2, 0.25) is 5.91 Å². The van der Waals surface area contributed by atoms with Gasteiger partial charge >= 0.3 is 0 Å². The summed E-state index contributed by atoms with van der Waals surface area (Å²) in [7, 11) is 1.64. The highest BCUT2D eigenvalue weighted by molar-refractivity contribution is 5.97. The van der Waals surface area contributed by atoms with Crippen molar-refractivity contribution in [2.24, 2.45) is 5.92 Å². The topological polar surface area (TPSA) is 84.4 Å². The van der Waals surface area contributed by atoms with Gasteiger partial charge in [0, 0.05) is 36.0 Å². The number of nitrogens with zero attached hydrogens (tertiary/aromatic N) is 3. The zero-order valence-corrected chi connectivity index (χ0v) is 18.2. The fraction of sp³-hybridized carbons (Fsp3) is 0.280. The highest BCUT2D eigenvalue weighted by atomic mass is 16.5. The third-order valence-corrected chi connectivity index (χ3v) is 5.69. The predicted octanol–water partition coefficient (Wildman–Crippen LogP) is 4.21. The molecule has 2 aromatic carbocycles. The first-order valence-electron chi connectivity index (χ1n) is 10.7. The molecule has 1 aliphatic rings. The summed E-state index contributed by atoms with van der Waals surface area (Å²) in [5.74, 6) is 1.37. The number of nitrogens with one attached hydrogen (secondary N) is 1. The predicted molar refractivity (Wildman–Crippen MR) is 124 cm³/mol. The van der Waals surface area contributed by atoms with E-state index in [-0.39, 0.29) is 17.6 Å². The van der Waals surface area contributed by atoms with Crippen LogP contribution in [0.5, 0.6) is 5.75 Å². The summed E-state index contributed by atoms with van der Waals surface area (Å²) < 4.78 is 5.22. The van der Waals surface area contributed by atoms with Crippen LogP contribution in [0, 0.1) is 5.92 Å². The Morgan fingerprint density at radius 3 is 2.66 bits per heavy atom. The highest BCUT2D eigenvalue weighted by Gasteiger charge is 2.27. The maximum atomic E-state index is 12.9. The molecule has 1 aromatic heterocycles. The lowest BCUT2D eigenvalue weighted by atomic mass is 9.96. The second-order valence-corrected chi connectivity index (χ2v) is 7.90. The van der Waals surface area contributed by atoms with Crippen molar-refractivity contribution in [3.05, 3.63) is 66.5 Å². The number of rotatable bonds is 6. The van der Waals surface area contributed by atoms with Crippen molar-refractivity contribution in [2.45, 2.75) is 19.8 Å². The zero-order chi connectivity index (χ0) is 22.5. The van der Waals surface area contributed by atoms with Crippen LogP contribution in [0.1, 0.15) is 30.1 Å². The molecule has 32 heavy (non-hydrogen) atoms. The van der Waals surface area contributed by atoms with E-state index in [0.29, 0.717) is 17.8 Å². The second kappa shape index (κ2) is 9.60. The quantitative estimate of drug-likeness (QED) is 0.590. The first-order chi connectivity index (χ1) is 15.5. The molecule has 0 saturated carbocycles. The van der Waals surface area contributed by atoms with Crippen LogP contribution in [0.2, 0.25) is 0 Å². The molecule has 1 aliphatic heterocycles. The number of aromatic nitrogens is 2. The van der Waals surface area contributed by atoms with Crippen LogP contribution < -0.4 is 15.0 Å². The first kappa shape index (κ1) is 21.5. The number of anilines is 2. The number of ether oxygens (including phenoxy) is 1. The third-order valence-electron chi connectivity index (χ3n) is 5.69. The minimum Gasteiger partial charge on any atom is -0.497 e. The molecule has 0 bridgehead atoms. The van der Waals surface area contributed by atoms with Crippen LogP contribution in [-0.2, 0) is 4.79 Å². The summed E-state index contributed by atoms with van der Waals surface area (Å²) in [5.41, 5.74) is 3.03. The number of carbonyl (C=O) groups excluding carboxylic acids is 2. The van der Waals surface area contributed by atoms with Crippen molar-refractivity contribution >= 4 is 23.2 Å². The molecule has 1 amide bonds. The molecule has 1 atom stereocenters. The molecule has 0 aliphatic carbocycles. The molecule has 0 spiro atoms. The van der Waals surface area contributed by atoms with Gasteiger partial charge in [-0.15, -0.1) is 0 Å². The third kappa shape index (κ3) is 4.94. The summed E-state index contributed by atoms with van der Waals surface area (Å²) in [6, 6.07) is 16.7. The van der Waals surface area contributed by atoms with Gasteiger partial charge in [-0.2, -0.15) is 0 Å². The first-order valence-corrected chi connectivity index (χ1v) is 10.7. The van der Waals surface area contributed by atoms with E-state index in [1.54, 1.807) is 37.7 Å². The Morgan fingerprint density at radius 2 is 1.91 bits per heavy atom. The molecule has 1 fully saturated rings. The molecule has 1 unspecified atom stereocenters. The molecular formula is C25H26N4O3. The maximum absolute atomic E-state index is 12.9. The van der Waals surface area contributed by atoms with E-state index >= 15 is 0 Å². The monoisotopic (exact) mass is 430 g/mol. The van der Waals surface area contributed by atoms with Gasteiger partial charge in [-0.1, -0.05) is 12.1 Å². The standard InChI is InChI=1S/C25H26N4O3/c1-17(30)19-5-3-7-21(13-19)28-25(31)20-6-4-12-29(15-20)24-14-23(26-16-27-24)18-8-10-22(32-2)11-9-18/h3,5,7-11,13-14,16,20H,4,6,12,15H2,1-2H3,(H,28,31). The Hall–Kier alpha value is -3.74. The van der Waals surface area contributed by atoms with E-state index in [2.05, 4.69) is 20.2 Å². The maximum Gasteiger partial charge on any atom is 0.229 e. The smallest absolute Gasteiger partial charge is 0.229 e. The van der Waals surface area contributed by atoms with Crippen LogP contribution >= 0.6 is 0 Å². The summed E-state index contributed by atoms with van der Waals surface area (Å²) in [6.45, 7) is 2.93. The zero-order valence-electron chi connectivity index (χ0n) is 18.2. The average Bonchev–Trinajstić information content (AvgIpc) is 2.84. The van der Waals surface area contributed by atoms with Gasteiger partial charge in [-0.05, 0) is 56.2 Å². The minimum atomic E-state index is -0.163. The number of ketones is 1. The summed E-state index contributed by atoms with van der Waals surface area (Å²) in [6.07, 6.45) is 3.27. The number of piperidine rings is 1. The van der Waals surface area contributed by atoms with E-state index in [0.717, 1.165) is 42.2 Å². The number of Topliss-reactive ketones (excluding diaryl/α,β-unsaturated/α-hetero) is 1. The summed E-state index contributed by atoms with van der Waals surface area (Å²) >= 11 is 0. The Kier molecular flexibility index (Phi) is 6.44. The van der Waals surface area contributed by atoms with E-state index in [1.165, 1.54) is 6.92 Å². The number of methoxy groups -OCH3 is 1. The van der Waals surface area contributed by atoms with Crippen molar-refractivity contribution in [1.82, 2.24) is 9.97 Å². The Morgan fingerprint density at radius 1 is 1.09 bits per heavy atom. The normalized spacial score (nSPS) is 15.8. The van der Waals surface area contributed by atoms with Crippen LogP contribution in [-0.4, -0.2) is 41.9 Å². The molecule has 7 heteroatoms. The van der Waals surface area contributed by atoms with Crippen LogP contribution in [0.25, 0.3) is 11.3 Å². The van der Waals surface area contributed by atoms with Gasteiger partial charge in [-0.3, -0.25) is 9.59 Å². The van der Waals surface area contributed by atoms with E-state index in [9.17, 15) is 9.59 Å². The molecule has 3 aromatic rings. The fourth-order valence-electron chi connectivity index (χ4n) is 3.90. The van der Waals surface area contributed by atoms with Crippen LogP contribution in [0.15, 0.2) is 60.9 Å². The van der Waals surface area contributed by atoms with Crippen molar-refractivity contribution in [2.75, 3.05) is 30.4 Å². The molecule has 164 valence electrons. The Bertz CT molecular complexity index is 1110. The molecule has 0 radical (unpaired) electrons. The lowest BCUT2D eigenvalue weighted by Crippen LogP contribution is -2.41. The van der Waals surface area contributed by atoms with Crippen LogP contribution in [0.3, 0.4) is 0 Å². The number of hydrogen-bond acceptors (Lipinski definition) is 6. The number of carbonyl (C=O) groups is 2. The molecule has 1 N–H and O–H groups in total. The van der Waals surface area contributed by atoms with Gasteiger partial charge in [-0.25, -0.2) is 9.97 Å². The van der Waals surface area contributed by atoms with E-state index < -0.39 is 0 Å². The average molecular weight is 431 g/mol. The van der Waals surface area contributed by atoms with Gasteiger partial charge in [0.1, 0.15) is 17.9 Å². The molecular weight excluding hydrogens is 404 g/mol. The Labute approximate surface area is 187 Å². The number of amides is 1. The second-order valence-electron chi connectivity index (χ2n) is 7.90. The molecule has 4 rings (SSSR count). The van der Waals surface area contributed by atoms with Crippen molar-refractivity contribution < 1.29 is 14.3 Å². The van der Waals surface area contributed by atoms with E-state index in [1.807, 2.05) is 30.3 Å². The van der Waals surface area contributed by atoms with Gasteiger partial charge in [0.15, 0.2) is 5.78 Å². The van der Waals surface area contributed by atoms with Crippen LogP contribution in [0.4, 0.5) is 11.5 Å². The number of hydrogen-bond donors (Lipinski definition) is 1. The van der Waals surface area contributed by atoms with Gasteiger partial charge in [0.25, 0.3) is 0 Å². The molecule has 1 saturated heterocycles. The fourth-order valence-corrected chi connectivity index (χ4v) is 3.90. The lowest BCUT2D eigenvalue weighted by Gasteiger charge is -2.33. The summed E-state index contributed by atoms with van der Waals surface area (Å²) in [5, 5.41) is 2.96. The molecule has 7 nitrogen and oxygen atoms in total. The van der Waals surface area contributed by atoms with Gasteiger partial charge in [0.05, 0.1) is 18.7 Å². The van der Waals surface area contributed by atoms with E-state index in [4.69, 9.17) is 4.74 Å². The van der Waals surface area contributed by atoms with Crippen molar-refractivity contribution in [3.63, 3.8) is 0 Å². The van der Waals surface area contributed by atoms with Crippen molar-refractivity contribution in [3.8, 4) is 17.0 Å². The number of benzene rings is 2. The molecule has 2 heterocycles. The SMILES string of the molecule is COc1ccc(-c2cc(N3CCCC(C(=O)Nc4cccc(C(C)=O)c4)C3)ncn2)cc1.